The number of benzene rings is 1. The molecule has 0 aliphatic carbocycles. The lowest BCUT2D eigenvalue weighted by Crippen LogP contribution is -2.36. The Kier molecular flexibility index (Phi) is 4.34. The van der Waals surface area contributed by atoms with E-state index < -0.39 is 0 Å². The molecule has 150 valence electrons. The monoisotopic (exact) mass is 393 g/mol. The number of aryl methyl sites for hydroxylation is 2. The van der Waals surface area contributed by atoms with E-state index >= 15 is 0 Å². The summed E-state index contributed by atoms with van der Waals surface area (Å²) >= 11 is 0. The van der Waals surface area contributed by atoms with Gasteiger partial charge in [-0.3, -0.25) is 4.79 Å². The number of nitrogens with zero attached hydrogens (tertiary/aromatic N) is 5. The van der Waals surface area contributed by atoms with Crippen LogP contribution in [0, 0.1) is 18.8 Å². The molecule has 0 bridgehead atoms. The molecule has 2 aliphatic rings. The van der Waals surface area contributed by atoms with Crippen molar-refractivity contribution in [3.63, 3.8) is 0 Å². The maximum absolute atomic E-state index is 13.2. The molecule has 2 saturated heterocycles. The number of oxazole rings is 1. The first-order valence-electron chi connectivity index (χ1n) is 9.99. The molecule has 0 unspecified atom stereocenters. The lowest BCUT2D eigenvalue weighted by Gasteiger charge is -2.29. The molecule has 2 fully saturated rings. The van der Waals surface area contributed by atoms with Crippen LogP contribution in [-0.2, 0) is 6.42 Å². The van der Waals surface area contributed by atoms with Gasteiger partial charge in [-0.15, -0.1) is 5.10 Å². The molecule has 4 heterocycles. The average Bonchev–Trinajstić information content (AvgIpc) is 3.50. The fourth-order valence-corrected chi connectivity index (χ4v) is 4.61. The summed E-state index contributed by atoms with van der Waals surface area (Å²) in [4.78, 5) is 21.6. The molecule has 8 heteroatoms. The maximum atomic E-state index is 13.2. The zero-order chi connectivity index (χ0) is 20.0. The fraction of sp³-hybridized carbons (Fsp3) is 0.429. The summed E-state index contributed by atoms with van der Waals surface area (Å²) < 4.78 is 11.0. The second-order valence-electron chi connectivity index (χ2n) is 7.73. The van der Waals surface area contributed by atoms with Gasteiger partial charge in [0.15, 0.2) is 11.6 Å². The van der Waals surface area contributed by atoms with E-state index in [-0.39, 0.29) is 17.9 Å². The number of fused-ring (bicyclic) bond motifs is 1. The van der Waals surface area contributed by atoms with Gasteiger partial charge >= 0.3 is 6.01 Å². The Hall–Kier alpha value is -3.16. The third-order valence-electron chi connectivity index (χ3n) is 5.93. The second-order valence-corrected chi connectivity index (χ2v) is 7.73. The highest BCUT2D eigenvalue weighted by Crippen LogP contribution is 2.46. The Labute approximate surface area is 168 Å². The van der Waals surface area contributed by atoms with E-state index in [2.05, 4.69) is 32.2 Å². The number of amides is 1. The molecular formula is C21H23N5O3. The lowest BCUT2D eigenvalue weighted by atomic mass is 9.89. The first kappa shape index (κ1) is 17.9. The van der Waals surface area contributed by atoms with E-state index in [4.69, 9.17) is 8.83 Å². The van der Waals surface area contributed by atoms with Crippen LogP contribution in [0.2, 0.25) is 0 Å². The van der Waals surface area contributed by atoms with Crippen LogP contribution < -0.4 is 4.90 Å². The van der Waals surface area contributed by atoms with Gasteiger partial charge in [-0.1, -0.05) is 42.4 Å². The summed E-state index contributed by atoms with van der Waals surface area (Å²) in [6, 6.07) is 10.8. The van der Waals surface area contributed by atoms with Gasteiger partial charge < -0.3 is 18.6 Å². The van der Waals surface area contributed by atoms with E-state index in [9.17, 15) is 4.79 Å². The first-order valence-corrected chi connectivity index (χ1v) is 9.99. The van der Waals surface area contributed by atoms with Crippen molar-refractivity contribution in [1.29, 1.82) is 0 Å². The van der Waals surface area contributed by atoms with Crippen LogP contribution in [0.1, 0.15) is 40.8 Å². The van der Waals surface area contributed by atoms with E-state index in [0.717, 1.165) is 25.1 Å². The van der Waals surface area contributed by atoms with E-state index in [1.54, 1.807) is 6.92 Å². The minimum absolute atomic E-state index is 0.0238. The van der Waals surface area contributed by atoms with Crippen LogP contribution in [0.5, 0.6) is 0 Å². The summed E-state index contributed by atoms with van der Waals surface area (Å²) in [6.45, 7) is 5.98. The molecular weight excluding hydrogens is 370 g/mol. The van der Waals surface area contributed by atoms with Crippen molar-refractivity contribution in [2.24, 2.45) is 11.8 Å². The van der Waals surface area contributed by atoms with Crippen molar-refractivity contribution >= 4 is 11.9 Å². The van der Waals surface area contributed by atoms with Crippen molar-refractivity contribution in [1.82, 2.24) is 20.1 Å². The Morgan fingerprint density at radius 3 is 2.69 bits per heavy atom. The normalized spacial score (nSPS) is 23.6. The standard InChI is InChI=1S/C21H23N5O3/c1-3-18-23-24-21(29-18)25-9-15-10-26(20(27)17-12-28-13(2)22-17)19(16(15)11-25)14-7-5-4-6-8-14/h4-8,12,15-16,19H,3,9-11H2,1-2H3/t15-,16-,19+/m0/s1. The van der Waals surface area contributed by atoms with Crippen molar-refractivity contribution in [3.05, 3.63) is 59.6 Å². The van der Waals surface area contributed by atoms with E-state index in [1.807, 2.05) is 30.0 Å². The highest BCUT2D eigenvalue weighted by atomic mass is 16.4. The highest BCUT2D eigenvalue weighted by molar-refractivity contribution is 5.92. The third-order valence-corrected chi connectivity index (χ3v) is 5.93. The minimum atomic E-state index is -0.0808. The van der Waals surface area contributed by atoms with E-state index in [0.29, 0.717) is 36.0 Å². The van der Waals surface area contributed by atoms with Gasteiger partial charge in [-0.05, 0) is 5.56 Å². The Morgan fingerprint density at radius 1 is 1.17 bits per heavy atom. The summed E-state index contributed by atoms with van der Waals surface area (Å²) in [5, 5.41) is 8.30. The smallest absolute Gasteiger partial charge is 0.318 e. The summed E-state index contributed by atoms with van der Waals surface area (Å²) in [6.07, 6.45) is 2.17. The second kappa shape index (κ2) is 7.02. The molecule has 2 aliphatic heterocycles. The molecule has 0 saturated carbocycles. The zero-order valence-corrected chi connectivity index (χ0v) is 16.5. The van der Waals surface area contributed by atoms with Gasteiger partial charge in [0.1, 0.15) is 6.26 Å². The van der Waals surface area contributed by atoms with Gasteiger partial charge in [0.2, 0.25) is 5.89 Å². The van der Waals surface area contributed by atoms with Crippen LogP contribution >= 0.6 is 0 Å². The Morgan fingerprint density at radius 2 is 2.00 bits per heavy atom. The molecule has 0 radical (unpaired) electrons. The van der Waals surface area contributed by atoms with Crippen LogP contribution in [0.25, 0.3) is 0 Å². The van der Waals surface area contributed by atoms with Gasteiger partial charge in [0, 0.05) is 44.8 Å². The van der Waals surface area contributed by atoms with Gasteiger partial charge in [0.25, 0.3) is 5.91 Å². The first-order chi connectivity index (χ1) is 14.1. The predicted molar refractivity (Wildman–Crippen MR) is 104 cm³/mol. The fourth-order valence-electron chi connectivity index (χ4n) is 4.61. The molecule has 3 aromatic rings. The molecule has 1 amide bonds. The van der Waals surface area contributed by atoms with Crippen LogP contribution in [0.3, 0.4) is 0 Å². The highest BCUT2D eigenvalue weighted by Gasteiger charge is 2.50. The van der Waals surface area contributed by atoms with Crippen molar-refractivity contribution in [2.75, 3.05) is 24.5 Å². The average molecular weight is 393 g/mol. The maximum Gasteiger partial charge on any atom is 0.318 e. The van der Waals surface area contributed by atoms with Crippen molar-refractivity contribution in [3.8, 4) is 0 Å². The number of carbonyl (C=O) groups is 1. The summed E-state index contributed by atoms with van der Waals surface area (Å²) in [5.74, 6) is 1.68. The number of hydrogen-bond acceptors (Lipinski definition) is 7. The van der Waals surface area contributed by atoms with Gasteiger partial charge in [-0.2, -0.15) is 0 Å². The van der Waals surface area contributed by atoms with Crippen LogP contribution in [0.4, 0.5) is 6.01 Å². The van der Waals surface area contributed by atoms with Crippen molar-refractivity contribution < 1.29 is 13.6 Å². The quantitative estimate of drug-likeness (QED) is 0.673. The van der Waals surface area contributed by atoms with Gasteiger partial charge in [0.05, 0.1) is 6.04 Å². The largest absolute Gasteiger partial charge is 0.448 e. The number of rotatable bonds is 4. The molecule has 0 N–H and O–H groups in total. The predicted octanol–water partition coefficient (Wildman–Crippen LogP) is 2.88. The molecule has 0 spiro atoms. The molecule has 2 aromatic heterocycles. The summed E-state index contributed by atoms with van der Waals surface area (Å²) in [7, 11) is 0. The number of likely N-dealkylation sites (tertiary alicyclic amines) is 1. The third kappa shape index (κ3) is 3.08. The topological polar surface area (TPSA) is 88.5 Å². The molecule has 29 heavy (non-hydrogen) atoms. The lowest BCUT2D eigenvalue weighted by molar-refractivity contribution is 0.0709. The molecule has 8 nitrogen and oxygen atoms in total. The molecule has 5 rings (SSSR count). The summed E-state index contributed by atoms with van der Waals surface area (Å²) in [5.41, 5.74) is 1.50. The van der Waals surface area contributed by atoms with Crippen molar-refractivity contribution in [2.45, 2.75) is 26.3 Å². The van der Waals surface area contributed by atoms with Crippen LogP contribution in [0.15, 0.2) is 45.4 Å². The molecule has 1 aromatic carbocycles. The molecule has 3 atom stereocenters. The van der Waals surface area contributed by atoms with Crippen LogP contribution in [-0.4, -0.2) is 45.6 Å². The number of aromatic nitrogens is 3. The SMILES string of the molecule is CCc1nnc(N2C[C@H]3CN(C(=O)c4coc(C)n4)[C@H](c4ccccc4)[C@H]3C2)o1. The van der Waals surface area contributed by atoms with Gasteiger partial charge in [-0.25, -0.2) is 4.98 Å². The minimum Gasteiger partial charge on any atom is -0.448 e. The zero-order valence-electron chi connectivity index (χ0n) is 16.5. The Bertz CT molecular complexity index is 1010. The van der Waals surface area contributed by atoms with E-state index in [1.165, 1.54) is 6.26 Å². The Balaban J connectivity index is 1.44. The number of hydrogen-bond donors (Lipinski definition) is 0. The number of carbonyl (C=O) groups excluding carboxylic acids is 1. The number of anilines is 1.